The second-order valence-corrected chi connectivity index (χ2v) is 2.85. The van der Waals surface area contributed by atoms with Gasteiger partial charge in [-0.05, 0) is 12.1 Å². The summed E-state index contributed by atoms with van der Waals surface area (Å²) in [5, 5.41) is 8.63. The average molecular weight is 182 g/mol. The third-order valence-electron chi connectivity index (χ3n) is 1.99. The van der Waals surface area contributed by atoms with Gasteiger partial charge in [0.05, 0.1) is 12.2 Å². The molecule has 0 spiro atoms. The highest BCUT2D eigenvalue weighted by Crippen LogP contribution is 2.29. The van der Waals surface area contributed by atoms with E-state index in [1.165, 1.54) is 6.07 Å². The van der Waals surface area contributed by atoms with E-state index in [1.54, 1.807) is 0 Å². The quantitative estimate of drug-likeness (QED) is 0.715. The minimum atomic E-state index is -1.12. The van der Waals surface area contributed by atoms with Crippen LogP contribution in [0.5, 0.6) is 5.75 Å². The highest BCUT2D eigenvalue weighted by atomic mass is 19.1. The van der Waals surface area contributed by atoms with Gasteiger partial charge in [0.2, 0.25) is 0 Å². The third kappa shape index (κ3) is 1.24. The summed E-state index contributed by atoms with van der Waals surface area (Å²) < 4.78 is 18.1. The predicted octanol–water partition coefficient (Wildman–Crippen LogP) is 1.46. The van der Waals surface area contributed by atoms with Crippen LogP contribution in [0, 0.1) is 5.82 Å². The topological polar surface area (TPSA) is 46.5 Å². The molecule has 3 nitrogen and oxygen atoms in total. The molecule has 1 aromatic carbocycles. The molecular weight excluding hydrogens is 175 g/mol. The van der Waals surface area contributed by atoms with Gasteiger partial charge >= 0.3 is 5.97 Å². The Morgan fingerprint density at radius 3 is 3.00 bits per heavy atom. The Labute approximate surface area is 73.8 Å². The predicted molar refractivity (Wildman–Crippen MR) is 42.6 cm³/mol. The summed E-state index contributed by atoms with van der Waals surface area (Å²) >= 11 is 0. The van der Waals surface area contributed by atoms with E-state index in [9.17, 15) is 9.18 Å². The van der Waals surface area contributed by atoms with Crippen molar-refractivity contribution >= 4 is 5.97 Å². The fraction of sp³-hybridized carbons (Fsp3) is 0.222. The van der Waals surface area contributed by atoms with Crippen LogP contribution >= 0.6 is 0 Å². The number of aromatic carboxylic acids is 1. The highest BCUT2D eigenvalue weighted by Gasteiger charge is 2.19. The third-order valence-corrected chi connectivity index (χ3v) is 1.99. The van der Waals surface area contributed by atoms with Crippen LogP contribution in [0.4, 0.5) is 4.39 Å². The van der Waals surface area contributed by atoms with Gasteiger partial charge in [0.25, 0.3) is 0 Å². The maximum absolute atomic E-state index is 13.1. The number of ether oxygens (including phenoxy) is 1. The van der Waals surface area contributed by atoms with E-state index in [0.29, 0.717) is 18.6 Å². The van der Waals surface area contributed by atoms with Crippen LogP contribution in [0.15, 0.2) is 12.1 Å². The van der Waals surface area contributed by atoms with Crippen molar-refractivity contribution in [2.45, 2.75) is 6.42 Å². The number of carbonyl (C=O) groups is 1. The van der Waals surface area contributed by atoms with Crippen LogP contribution < -0.4 is 4.74 Å². The van der Waals surface area contributed by atoms with Gasteiger partial charge in [0, 0.05) is 12.0 Å². The van der Waals surface area contributed by atoms with Gasteiger partial charge in [-0.1, -0.05) is 0 Å². The lowest BCUT2D eigenvalue weighted by Crippen LogP contribution is -1.98. The Morgan fingerprint density at radius 1 is 1.54 bits per heavy atom. The molecule has 0 amide bonds. The van der Waals surface area contributed by atoms with Crippen LogP contribution in [-0.2, 0) is 6.42 Å². The minimum absolute atomic E-state index is 0.0262. The molecule has 0 atom stereocenters. The zero-order valence-corrected chi connectivity index (χ0v) is 6.71. The van der Waals surface area contributed by atoms with Crippen molar-refractivity contribution in [3.63, 3.8) is 0 Å². The number of fused-ring (bicyclic) bond motifs is 1. The van der Waals surface area contributed by atoms with Gasteiger partial charge in [-0.15, -0.1) is 0 Å². The molecule has 0 unspecified atom stereocenters. The molecule has 0 aromatic heterocycles. The Hall–Kier alpha value is -1.58. The van der Waals surface area contributed by atoms with E-state index in [2.05, 4.69) is 0 Å². The van der Waals surface area contributed by atoms with Crippen LogP contribution in [-0.4, -0.2) is 17.7 Å². The molecule has 2 rings (SSSR count). The standard InChI is InChI=1S/C9H7FO3/c10-7-4-6(9(11)12)3-5-1-2-13-8(5)7/h3-4H,1-2H2,(H,11,12). The van der Waals surface area contributed by atoms with Crippen molar-refractivity contribution in [2.75, 3.05) is 6.61 Å². The summed E-state index contributed by atoms with van der Waals surface area (Å²) in [6, 6.07) is 2.43. The fourth-order valence-electron chi connectivity index (χ4n) is 1.38. The lowest BCUT2D eigenvalue weighted by atomic mass is 10.1. The van der Waals surface area contributed by atoms with Gasteiger partial charge in [-0.3, -0.25) is 0 Å². The molecule has 1 aliphatic heterocycles. The Bertz CT molecular complexity index is 373. The Balaban J connectivity index is 2.55. The molecule has 68 valence electrons. The van der Waals surface area contributed by atoms with Gasteiger partial charge in [0.1, 0.15) is 0 Å². The van der Waals surface area contributed by atoms with E-state index < -0.39 is 11.8 Å². The van der Waals surface area contributed by atoms with E-state index in [4.69, 9.17) is 9.84 Å². The van der Waals surface area contributed by atoms with E-state index >= 15 is 0 Å². The van der Waals surface area contributed by atoms with Crippen molar-refractivity contribution in [1.29, 1.82) is 0 Å². The monoisotopic (exact) mass is 182 g/mol. The summed E-state index contributed by atoms with van der Waals surface area (Å²) in [4.78, 5) is 10.5. The number of rotatable bonds is 1. The molecule has 0 saturated carbocycles. The Morgan fingerprint density at radius 2 is 2.31 bits per heavy atom. The molecule has 0 bridgehead atoms. The van der Waals surface area contributed by atoms with E-state index in [-0.39, 0.29) is 11.3 Å². The molecule has 4 heteroatoms. The molecular formula is C9H7FO3. The molecule has 0 aliphatic carbocycles. The molecule has 1 aliphatic rings. The minimum Gasteiger partial charge on any atom is -0.490 e. The highest BCUT2D eigenvalue weighted by molar-refractivity contribution is 5.88. The van der Waals surface area contributed by atoms with Crippen molar-refractivity contribution in [2.24, 2.45) is 0 Å². The maximum atomic E-state index is 13.1. The SMILES string of the molecule is O=C(O)c1cc(F)c2c(c1)CCO2. The lowest BCUT2D eigenvalue weighted by Gasteiger charge is -2.01. The second-order valence-electron chi connectivity index (χ2n) is 2.85. The second kappa shape index (κ2) is 2.73. The number of hydrogen-bond donors (Lipinski definition) is 1. The Kier molecular flexibility index (Phi) is 1.69. The molecule has 0 saturated heterocycles. The number of carboxylic acid groups (broad SMARTS) is 1. The molecule has 1 aromatic rings. The first-order valence-corrected chi connectivity index (χ1v) is 3.87. The molecule has 0 radical (unpaired) electrons. The van der Waals surface area contributed by atoms with Crippen molar-refractivity contribution in [3.05, 3.63) is 29.1 Å². The van der Waals surface area contributed by atoms with Crippen LogP contribution in [0.1, 0.15) is 15.9 Å². The number of benzene rings is 1. The summed E-state index contributed by atoms with van der Waals surface area (Å²) in [5.41, 5.74) is 0.610. The summed E-state index contributed by atoms with van der Waals surface area (Å²) in [5.74, 6) is -1.51. The van der Waals surface area contributed by atoms with Gasteiger partial charge in [0.15, 0.2) is 11.6 Å². The number of carboxylic acids is 1. The van der Waals surface area contributed by atoms with E-state index in [0.717, 1.165) is 6.07 Å². The van der Waals surface area contributed by atoms with Gasteiger partial charge in [-0.2, -0.15) is 0 Å². The summed E-state index contributed by atoms with van der Waals surface area (Å²) in [6.45, 7) is 0.426. The van der Waals surface area contributed by atoms with Crippen LogP contribution in [0.3, 0.4) is 0 Å². The first-order chi connectivity index (χ1) is 6.18. The zero-order chi connectivity index (χ0) is 9.42. The zero-order valence-electron chi connectivity index (χ0n) is 6.71. The molecule has 0 fully saturated rings. The first kappa shape index (κ1) is 8.04. The first-order valence-electron chi connectivity index (χ1n) is 3.87. The van der Waals surface area contributed by atoms with Crippen molar-refractivity contribution in [3.8, 4) is 5.75 Å². The van der Waals surface area contributed by atoms with E-state index in [1.807, 2.05) is 0 Å². The van der Waals surface area contributed by atoms with Gasteiger partial charge in [-0.25, -0.2) is 9.18 Å². The smallest absolute Gasteiger partial charge is 0.335 e. The molecule has 1 heterocycles. The van der Waals surface area contributed by atoms with Gasteiger partial charge < -0.3 is 9.84 Å². The molecule has 13 heavy (non-hydrogen) atoms. The maximum Gasteiger partial charge on any atom is 0.335 e. The summed E-state index contributed by atoms with van der Waals surface area (Å²) in [7, 11) is 0. The van der Waals surface area contributed by atoms with Crippen LogP contribution in [0.25, 0.3) is 0 Å². The fourth-order valence-corrected chi connectivity index (χ4v) is 1.38. The van der Waals surface area contributed by atoms with Crippen molar-refractivity contribution < 1.29 is 19.0 Å². The summed E-state index contributed by atoms with van der Waals surface area (Å²) in [6.07, 6.45) is 0.577. The normalized spacial score (nSPS) is 13.6. The lowest BCUT2D eigenvalue weighted by molar-refractivity contribution is 0.0696. The number of halogens is 1. The largest absolute Gasteiger partial charge is 0.490 e. The average Bonchev–Trinajstić information content (AvgIpc) is 2.51. The number of hydrogen-bond acceptors (Lipinski definition) is 2. The molecule has 1 N–H and O–H groups in total. The van der Waals surface area contributed by atoms with Crippen LogP contribution in [0.2, 0.25) is 0 Å². The van der Waals surface area contributed by atoms with Crippen molar-refractivity contribution in [1.82, 2.24) is 0 Å².